The SMILES string of the molecule is CC1(C(=O)N2CCC3(CC2)NC(=O)NC3=O)CCCNC1. The molecule has 0 saturated carbocycles. The van der Waals surface area contributed by atoms with E-state index in [4.69, 9.17) is 0 Å². The first-order valence-electron chi connectivity index (χ1n) is 7.59. The average molecular weight is 294 g/mol. The molecule has 3 heterocycles. The van der Waals surface area contributed by atoms with Crippen molar-refractivity contribution in [2.45, 2.75) is 38.1 Å². The number of carbonyl (C=O) groups is 3. The Balaban J connectivity index is 1.64. The standard InChI is InChI=1S/C14H22N4O3/c1-13(3-2-6-15-9-13)11(20)18-7-4-14(5-8-18)10(19)16-12(21)17-14/h15H,2-9H2,1H3,(H2,16,17,19,21). The van der Waals surface area contributed by atoms with Crippen LogP contribution in [0.15, 0.2) is 0 Å². The highest BCUT2D eigenvalue weighted by Crippen LogP contribution is 2.32. The lowest BCUT2D eigenvalue weighted by Gasteiger charge is -2.42. The van der Waals surface area contributed by atoms with E-state index in [-0.39, 0.29) is 17.2 Å². The number of amides is 4. The van der Waals surface area contributed by atoms with Gasteiger partial charge in [-0.3, -0.25) is 14.9 Å². The van der Waals surface area contributed by atoms with Crippen LogP contribution in [0.4, 0.5) is 4.79 Å². The number of nitrogens with one attached hydrogen (secondary N) is 3. The predicted octanol–water partition coefficient (Wildman–Crippen LogP) is -0.423. The summed E-state index contributed by atoms with van der Waals surface area (Å²) in [5.41, 5.74) is -1.15. The van der Waals surface area contributed by atoms with Crippen molar-refractivity contribution in [3.05, 3.63) is 0 Å². The fraction of sp³-hybridized carbons (Fsp3) is 0.786. The minimum Gasteiger partial charge on any atom is -0.342 e. The van der Waals surface area contributed by atoms with Crippen LogP contribution in [-0.4, -0.2) is 54.5 Å². The highest BCUT2D eigenvalue weighted by Gasteiger charge is 2.49. The van der Waals surface area contributed by atoms with Gasteiger partial charge in [0.05, 0.1) is 5.41 Å². The number of rotatable bonds is 1. The Morgan fingerprint density at radius 2 is 1.90 bits per heavy atom. The molecular weight excluding hydrogens is 272 g/mol. The van der Waals surface area contributed by atoms with Crippen molar-refractivity contribution >= 4 is 17.8 Å². The van der Waals surface area contributed by atoms with Gasteiger partial charge in [0.15, 0.2) is 0 Å². The van der Waals surface area contributed by atoms with Gasteiger partial charge in [-0.05, 0) is 39.2 Å². The van der Waals surface area contributed by atoms with E-state index in [0.29, 0.717) is 32.5 Å². The predicted molar refractivity (Wildman–Crippen MR) is 75.4 cm³/mol. The highest BCUT2D eigenvalue weighted by atomic mass is 16.2. The number of nitrogens with zero attached hydrogens (tertiary/aromatic N) is 1. The number of carbonyl (C=O) groups excluding carboxylic acids is 3. The summed E-state index contributed by atoms with van der Waals surface area (Å²) >= 11 is 0. The van der Waals surface area contributed by atoms with E-state index in [1.54, 1.807) is 0 Å². The molecule has 0 aliphatic carbocycles. The van der Waals surface area contributed by atoms with E-state index < -0.39 is 11.6 Å². The molecule has 1 spiro atoms. The molecular formula is C14H22N4O3. The van der Waals surface area contributed by atoms with Gasteiger partial charge in [-0.25, -0.2) is 4.79 Å². The zero-order valence-corrected chi connectivity index (χ0v) is 12.3. The van der Waals surface area contributed by atoms with Crippen LogP contribution < -0.4 is 16.0 Å². The van der Waals surface area contributed by atoms with E-state index in [0.717, 1.165) is 19.4 Å². The van der Waals surface area contributed by atoms with E-state index in [9.17, 15) is 14.4 Å². The molecule has 4 amide bonds. The number of imide groups is 1. The minimum absolute atomic E-state index is 0.161. The minimum atomic E-state index is -0.806. The Hall–Kier alpha value is -1.63. The maximum atomic E-state index is 12.7. The van der Waals surface area contributed by atoms with Crippen molar-refractivity contribution in [3.63, 3.8) is 0 Å². The van der Waals surface area contributed by atoms with Gasteiger partial charge in [-0.15, -0.1) is 0 Å². The van der Waals surface area contributed by atoms with Crippen molar-refractivity contribution in [3.8, 4) is 0 Å². The first-order valence-corrected chi connectivity index (χ1v) is 7.59. The van der Waals surface area contributed by atoms with E-state index >= 15 is 0 Å². The molecule has 3 aliphatic rings. The first-order chi connectivity index (χ1) is 9.95. The molecule has 21 heavy (non-hydrogen) atoms. The van der Waals surface area contributed by atoms with Crippen LogP contribution in [0.2, 0.25) is 0 Å². The van der Waals surface area contributed by atoms with Gasteiger partial charge in [-0.1, -0.05) is 0 Å². The molecule has 3 fully saturated rings. The monoisotopic (exact) mass is 294 g/mol. The molecule has 3 N–H and O–H groups in total. The molecule has 3 rings (SSSR count). The quantitative estimate of drug-likeness (QED) is 0.573. The second kappa shape index (κ2) is 4.98. The van der Waals surface area contributed by atoms with E-state index in [1.807, 2.05) is 11.8 Å². The Morgan fingerprint density at radius 1 is 1.19 bits per heavy atom. The van der Waals surface area contributed by atoms with Crippen LogP contribution in [0.1, 0.15) is 32.6 Å². The Morgan fingerprint density at radius 3 is 2.43 bits per heavy atom. The van der Waals surface area contributed by atoms with Gasteiger partial charge in [0.25, 0.3) is 5.91 Å². The zero-order valence-electron chi connectivity index (χ0n) is 12.3. The third-order valence-electron chi connectivity index (χ3n) is 5.03. The van der Waals surface area contributed by atoms with E-state index in [1.165, 1.54) is 0 Å². The van der Waals surface area contributed by atoms with Gasteiger partial charge in [-0.2, -0.15) is 0 Å². The molecule has 0 aromatic carbocycles. The van der Waals surface area contributed by atoms with Crippen molar-refractivity contribution in [2.24, 2.45) is 5.41 Å². The second-order valence-electron chi connectivity index (χ2n) is 6.62. The van der Waals surface area contributed by atoms with Crippen molar-refractivity contribution in [1.29, 1.82) is 0 Å². The molecule has 0 aromatic rings. The van der Waals surface area contributed by atoms with Crippen LogP contribution in [0.3, 0.4) is 0 Å². The average Bonchev–Trinajstić information content (AvgIpc) is 2.74. The smallest absolute Gasteiger partial charge is 0.322 e. The van der Waals surface area contributed by atoms with Crippen molar-refractivity contribution in [1.82, 2.24) is 20.9 Å². The zero-order chi connectivity index (χ0) is 15.1. The maximum absolute atomic E-state index is 12.7. The fourth-order valence-corrected chi connectivity index (χ4v) is 3.59. The summed E-state index contributed by atoms with van der Waals surface area (Å²) in [5, 5.41) is 8.30. The Labute approximate surface area is 123 Å². The van der Waals surface area contributed by atoms with Gasteiger partial charge in [0.2, 0.25) is 5.91 Å². The molecule has 0 aromatic heterocycles. The summed E-state index contributed by atoms with van der Waals surface area (Å²) in [7, 11) is 0. The normalized spacial score (nSPS) is 32.0. The summed E-state index contributed by atoms with van der Waals surface area (Å²) < 4.78 is 0. The second-order valence-corrected chi connectivity index (χ2v) is 6.62. The van der Waals surface area contributed by atoms with Crippen LogP contribution in [0.5, 0.6) is 0 Å². The largest absolute Gasteiger partial charge is 0.342 e. The van der Waals surface area contributed by atoms with Crippen LogP contribution in [-0.2, 0) is 9.59 Å². The molecule has 0 radical (unpaired) electrons. The summed E-state index contributed by atoms with van der Waals surface area (Å²) in [5.74, 6) is -0.0978. The van der Waals surface area contributed by atoms with Crippen LogP contribution in [0, 0.1) is 5.41 Å². The lowest BCUT2D eigenvalue weighted by atomic mass is 9.80. The van der Waals surface area contributed by atoms with Gasteiger partial charge >= 0.3 is 6.03 Å². The molecule has 3 aliphatic heterocycles. The molecule has 1 unspecified atom stereocenters. The molecule has 1 atom stereocenters. The van der Waals surface area contributed by atoms with Gasteiger partial charge in [0, 0.05) is 19.6 Å². The Bertz CT molecular complexity index is 477. The number of piperidine rings is 2. The molecule has 116 valence electrons. The topological polar surface area (TPSA) is 90.5 Å². The summed E-state index contributed by atoms with van der Waals surface area (Å²) in [6.07, 6.45) is 2.88. The third-order valence-corrected chi connectivity index (χ3v) is 5.03. The lowest BCUT2D eigenvalue weighted by molar-refractivity contribution is -0.145. The fourth-order valence-electron chi connectivity index (χ4n) is 3.59. The molecule has 7 heteroatoms. The molecule has 0 bridgehead atoms. The number of likely N-dealkylation sites (tertiary alicyclic amines) is 1. The van der Waals surface area contributed by atoms with Crippen LogP contribution >= 0.6 is 0 Å². The number of urea groups is 1. The lowest BCUT2D eigenvalue weighted by Crippen LogP contribution is -2.58. The third kappa shape index (κ3) is 2.39. The van der Waals surface area contributed by atoms with E-state index in [2.05, 4.69) is 16.0 Å². The molecule has 7 nitrogen and oxygen atoms in total. The van der Waals surface area contributed by atoms with Crippen molar-refractivity contribution < 1.29 is 14.4 Å². The van der Waals surface area contributed by atoms with Crippen molar-refractivity contribution in [2.75, 3.05) is 26.2 Å². The number of hydrogen-bond acceptors (Lipinski definition) is 4. The summed E-state index contributed by atoms with van der Waals surface area (Å²) in [4.78, 5) is 37.8. The Kier molecular flexibility index (Phi) is 3.39. The van der Waals surface area contributed by atoms with Gasteiger partial charge in [0.1, 0.15) is 5.54 Å². The van der Waals surface area contributed by atoms with Gasteiger partial charge < -0.3 is 15.5 Å². The highest BCUT2D eigenvalue weighted by molar-refractivity contribution is 6.07. The number of hydrogen-bond donors (Lipinski definition) is 3. The first kappa shape index (κ1) is 14.3. The summed E-state index contributed by atoms with van der Waals surface area (Å²) in [6.45, 7) is 4.73. The summed E-state index contributed by atoms with van der Waals surface area (Å²) in [6, 6.07) is -0.428. The maximum Gasteiger partial charge on any atom is 0.322 e. The molecule has 3 saturated heterocycles. The van der Waals surface area contributed by atoms with Crippen LogP contribution in [0.25, 0.3) is 0 Å².